The van der Waals surface area contributed by atoms with Crippen LogP contribution in [-0.4, -0.2) is 42.2 Å². The van der Waals surface area contributed by atoms with Gasteiger partial charge in [0.25, 0.3) is 0 Å². The average molecular weight is 263 g/mol. The summed E-state index contributed by atoms with van der Waals surface area (Å²) in [5, 5.41) is 8.67. The van der Waals surface area contributed by atoms with E-state index < -0.39 is 5.97 Å². The van der Waals surface area contributed by atoms with Gasteiger partial charge in [0.1, 0.15) is 0 Å². The van der Waals surface area contributed by atoms with Crippen LogP contribution in [0, 0.1) is 6.92 Å². The minimum atomic E-state index is -0.719. The molecule has 0 aromatic heterocycles. The van der Waals surface area contributed by atoms with Crippen molar-refractivity contribution in [2.45, 2.75) is 25.9 Å². The highest BCUT2D eigenvalue weighted by molar-refractivity contribution is 5.66. The number of aryl methyl sites for hydroxylation is 1. The molecule has 0 saturated carbocycles. The van der Waals surface area contributed by atoms with Crippen molar-refractivity contribution in [2.24, 2.45) is 0 Å². The van der Waals surface area contributed by atoms with E-state index in [1.165, 1.54) is 11.1 Å². The Bertz CT molecular complexity index is 433. The Morgan fingerprint density at radius 2 is 2.26 bits per heavy atom. The van der Waals surface area contributed by atoms with Crippen LogP contribution >= 0.6 is 0 Å². The highest BCUT2D eigenvalue weighted by Crippen LogP contribution is 2.24. The van der Waals surface area contributed by atoms with Gasteiger partial charge in [-0.1, -0.05) is 24.3 Å². The van der Waals surface area contributed by atoms with Crippen molar-refractivity contribution in [3.63, 3.8) is 0 Å². The summed E-state index contributed by atoms with van der Waals surface area (Å²) in [6.45, 7) is 5.39. The number of morpholine rings is 1. The molecule has 0 unspecified atom stereocenters. The highest BCUT2D eigenvalue weighted by Gasteiger charge is 2.22. The molecule has 1 N–H and O–H groups in total. The Hall–Kier alpha value is -1.39. The van der Waals surface area contributed by atoms with Gasteiger partial charge in [0, 0.05) is 19.5 Å². The summed E-state index contributed by atoms with van der Waals surface area (Å²) in [7, 11) is 0. The fourth-order valence-electron chi connectivity index (χ4n) is 2.50. The summed E-state index contributed by atoms with van der Waals surface area (Å²) in [6.07, 6.45) is 1.06. The minimum absolute atomic E-state index is 0.111. The molecule has 1 atom stereocenters. The number of carboxylic acid groups (broad SMARTS) is 1. The predicted molar refractivity (Wildman–Crippen MR) is 73.2 cm³/mol. The van der Waals surface area contributed by atoms with E-state index in [1.54, 1.807) is 0 Å². The number of carbonyl (C=O) groups is 1. The van der Waals surface area contributed by atoms with Crippen LogP contribution in [0.3, 0.4) is 0 Å². The quantitative estimate of drug-likeness (QED) is 0.885. The molecule has 1 saturated heterocycles. The molecule has 4 nitrogen and oxygen atoms in total. The number of nitrogens with zero attached hydrogens (tertiary/aromatic N) is 1. The molecule has 1 aliphatic heterocycles. The maximum atomic E-state index is 10.5. The summed E-state index contributed by atoms with van der Waals surface area (Å²) in [4.78, 5) is 12.8. The predicted octanol–water partition coefficient (Wildman–Crippen LogP) is 2.23. The molecule has 4 heteroatoms. The number of benzene rings is 1. The Labute approximate surface area is 114 Å². The molecule has 0 radical (unpaired) electrons. The van der Waals surface area contributed by atoms with E-state index >= 15 is 0 Å². The van der Waals surface area contributed by atoms with Crippen molar-refractivity contribution in [1.82, 2.24) is 4.90 Å². The summed E-state index contributed by atoms with van der Waals surface area (Å²) >= 11 is 0. The summed E-state index contributed by atoms with van der Waals surface area (Å²) in [5.74, 6) is -0.719. The second kappa shape index (κ2) is 6.68. The van der Waals surface area contributed by atoms with Gasteiger partial charge in [-0.2, -0.15) is 0 Å². The minimum Gasteiger partial charge on any atom is -0.481 e. The molecule has 0 spiro atoms. The van der Waals surface area contributed by atoms with Crippen LogP contribution < -0.4 is 0 Å². The molecule has 1 aliphatic rings. The number of rotatable bonds is 5. The van der Waals surface area contributed by atoms with Gasteiger partial charge in [-0.15, -0.1) is 0 Å². The lowest BCUT2D eigenvalue weighted by Crippen LogP contribution is -2.39. The summed E-state index contributed by atoms with van der Waals surface area (Å²) in [6, 6.07) is 8.28. The molecule has 2 rings (SSSR count). The molecule has 104 valence electrons. The van der Waals surface area contributed by atoms with Gasteiger partial charge in [-0.05, 0) is 31.0 Å². The smallest absolute Gasteiger partial charge is 0.303 e. The monoisotopic (exact) mass is 263 g/mol. The van der Waals surface area contributed by atoms with E-state index in [0.29, 0.717) is 13.0 Å². The van der Waals surface area contributed by atoms with E-state index in [9.17, 15) is 4.79 Å². The van der Waals surface area contributed by atoms with Gasteiger partial charge < -0.3 is 9.84 Å². The van der Waals surface area contributed by atoms with Crippen LogP contribution in [0.5, 0.6) is 0 Å². The number of carboxylic acids is 1. The van der Waals surface area contributed by atoms with Crippen molar-refractivity contribution < 1.29 is 14.6 Å². The first-order chi connectivity index (χ1) is 9.16. The van der Waals surface area contributed by atoms with Crippen molar-refractivity contribution in [2.75, 3.05) is 26.2 Å². The van der Waals surface area contributed by atoms with Crippen molar-refractivity contribution in [3.05, 3.63) is 35.4 Å². The molecular formula is C15H21NO3. The van der Waals surface area contributed by atoms with Crippen LogP contribution in [0.4, 0.5) is 0 Å². The second-order valence-corrected chi connectivity index (χ2v) is 5.01. The SMILES string of the molecule is Cc1ccccc1[C@H]1CN(CCCC(=O)O)CCO1. The van der Waals surface area contributed by atoms with Crippen LogP contribution in [0.15, 0.2) is 24.3 Å². The standard InChI is InChI=1S/C15H21NO3/c1-12-5-2-3-6-13(12)14-11-16(9-10-19-14)8-4-7-15(17)18/h2-3,5-6,14H,4,7-11H2,1H3,(H,17,18)/t14-/m1/s1. The van der Waals surface area contributed by atoms with Crippen molar-refractivity contribution in [1.29, 1.82) is 0 Å². The second-order valence-electron chi connectivity index (χ2n) is 5.01. The molecule has 0 amide bonds. The largest absolute Gasteiger partial charge is 0.481 e. The van der Waals surface area contributed by atoms with E-state index in [4.69, 9.17) is 9.84 Å². The lowest BCUT2D eigenvalue weighted by molar-refractivity contribution is -0.137. The van der Waals surface area contributed by atoms with Gasteiger partial charge in [0.15, 0.2) is 0 Å². The molecule has 0 aliphatic carbocycles. The summed E-state index contributed by atoms with van der Waals surface area (Å²) < 4.78 is 5.84. The molecule has 1 heterocycles. The normalized spacial score (nSPS) is 20.4. The van der Waals surface area contributed by atoms with Gasteiger partial charge >= 0.3 is 5.97 Å². The van der Waals surface area contributed by atoms with Crippen LogP contribution in [0.1, 0.15) is 30.1 Å². The molecular weight excluding hydrogens is 242 g/mol. The Kier molecular flexibility index (Phi) is 4.93. The van der Waals surface area contributed by atoms with Crippen LogP contribution in [0.2, 0.25) is 0 Å². The first-order valence-electron chi connectivity index (χ1n) is 6.78. The van der Waals surface area contributed by atoms with E-state index in [0.717, 1.165) is 19.6 Å². The van der Waals surface area contributed by atoms with Gasteiger partial charge in [0.05, 0.1) is 12.7 Å². The molecule has 1 aromatic carbocycles. The zero-order chi connectivity index (χ0) is 13.7. The van der Waals surface area contributed by atoms with E-state index in [-0.39, 0.29) is 12.5 Å². The Morgan fingerprint density at radius 1 is 1.47 bits per heavy atom. The number of ether oxygens (including phenoxy) is 1. The summed E-state index contributed by atoms with van der Waals surface area (Å²) in [5.41, 5.74) is 2.49. The molecule has 19 heavy (non-hydrogen) atoms. The zero-order valence-electron chi connectivity index (χ0n) is 11.3. The third kappa shape index (κ3) is 4.04. The van der Waals surface area contributed by atoms with Crippen molar-refractivity contribution in [3.8, 4) is 0 Å². The first kappa shape index (κ1) is 14.0. The number of hydrogen-bond acceptors (Lipinski definition) is 3. The fourth-order valence-corrected chi connectivity index (χ4v) is 2.50. The lowest BCUT2D eigenvalue weighted by atomic mass is 10.0. The maximum Gasteiger partial charge on any atom is 0.303 e. The molecule has 1 aromatic rings. The van der Waals surface area contributed by atoms with Crippen molar-refractivity contribution >= 4 is 5.97 Å². The van der Waals surface area contributed by atoms with Crippen LogP contribution in [-0.2, 0) is 9.53 Å². The van der Waals surface area contributed by atoms with Crippen LogP contribution in [0.25, 0.3) is 0 Å². The molecule has 0 bridgehead atoms. The highest BCUT2D eigenvalue weighted by atomic mass is 16.5. The van der Waals surface area contributed by atoms with Gasteiger partial charge in [0.2, 0.25) is 0 Å². The Balaban J connectivity index is 1.90. The van der Waals surface area contributed by atoms with Gasteiger partial charge in [-0.25, -0.2) is 0 Å². The lowest BCUT2D eigenvalue weighted by Gasteiger charge is -2.33. The van der Waals surface area contributed by atoms with E-state index in [1.807, 2.05) is 12.1 Å². The van der Waals surface area contributed by atoms with Gasteiger partial charge in [-0.3, -0.25) is 9.69 Å². The third-order valence-corrected chi connectivity index (χ3v) is 3.55. The Morgan fingerprint density at radius 3 is 3.00 bits per heavy atom. The topological polar surface area (TPSA) is 49.8 Å². The zero-order valence-corrected chi connectivity index (χ0v) is 11.3. The first-order valence-corrected chi connectivity index (χ1v) is 6.78. The third-order valence-electron chi connectivity index (χ3n) is 3.55. The number of aliphatic carboxylic acids is 1. The molecule has 1 fully saturated rings. The fraction of sp³-hybridized carbons (Fsp3) is 0.533. The van der Waals surface area contributed by atoms with E-state index in [2.05, 4.69) is 24.0 Å². The maximum absolute atomic E-state index is 10.5. The average Bonchev–Trinajstić information content (AvgIpc) is 2.39. The number of hydrogen-bond donors (Lipinski definition) is 1.